The number of sulfone groups is 1. The molecule has 3 nitrogen and oxygen atoms in total. The van der Waals surface area contributed by atoms with Gasteiger partial charge in [0.2, 0.25) is 0 Å². The first kappa shape index (κ1) is 12.6. The average molecular weight is 297 g/mol. The second-order valence-electron chi connectivity index (χ2n) is 3.18. The van der Waals surface area contributed by atoms with Gasteiger partial charge in [-0.3, -0.25) is 0 Å². The van der Waals surface area contributed by atoms with Crippen molar-refractivity contribution < 1.29 is 17.9 Å². The molecule has 0 spiro atoms. The highest BCUT2D eigenvalue weighted by molar-refractivity contribution is 9.11. The SMILES string of the molecule is CS(=O)(=O)C(Br)C(O)c1ccc(F)cc1. The maximum absolute atomic E-state index is 12.6. The molecule has 0 aliphatic rings. The van der Waals surface area contributed by atoms with Crippen LogP contribution < -0.4 is 0 Å². The lowest BCUT2D eigenvalue weighted by molar-refractivity contribution is 0.195. The lowest BCUT2D eigenvalue weighted by atomic mass is 10.1. The summed E-state index contributed by atoms with van der Waals surface area (Å²) < 4.78 is 33.7. The third kappa shape index (κ3) is 3.25. The van der Waals surface area contributed by atoms with Crippen molar-refractivity contribution in [3.63, 3.8) is 0 Å². The molecule has 0 fully saturated rings. The van der Waals surface area contributed by atoms with Gasteiger partial charge in [-0.25, -0.2) is 12.8 Å². The van der Waals surface area contributed by atoms with Gasteiger partial charge in [0, 0.05) is 6.26 Å². The van der Waals surface area contributed by atoms with Crippen LogP contribution in [-0.2, 0) is 9.84 Å². The molecule has 0 heterocycles. The maximum atomic E-state index is 12.6. The largest absolute Gasteiger partial charge is 0.386 e. The van der Waals surface area contributed by atoms with E-state index >= 15 is 0 Å². The monoisotopic (exact) mass is 296 g/mol. The Morgan fingerprint density at radius 3 is 2.20 bits per heavy atom. The van der Waals surface area contributed by atoms with E-state index in [9.17, 15) is 17.9 Å². The predicted molar refractivity (Wildman–Crippen MR) is 58.9 cm³/mol. The predicted octanol–water partition coefficient (Wildman–Crippen LogP) is 1.62. The molecule has 1 rings (SSSR count). The zero-order chi connectivity index (χ0) is 11.6. The van der Waals surface area contributed by atoms with Crippen LogP contribution in [0.15, 0.2) is 24.3 Å². The van der Waals surface area contributed by atoms with Gasteiger partial charge >= 0.3 is 0 Å². The molecule has 0 saturated carbocycles. The fraction of sp³-hybridized carbons (Fsp3) is 0.333. The highest BCUT2D eigenvalue weighted by Gasteiger charge is 2.27. The number of aliphatic hydroxyl groups is 1. The smallest absolute Gasteiger partial charge is 0.163 e. The normalized spacial score (nSPS) is 16.0. The summed E-state index contributed by atoms with van der Waals surface area (Å²) >= 11 is 2.89. The van der Waals surface area contributed by atoms with E-state index in [0.717, 1.165) is 6.26 Å². The average Bonchev–Trinajstić information content (AvgIpc) is 2.15. The molecule has 84 valence electrons. The summed E-state index contributed by atoms with van der Waals surface area (Å²) in [6.07, 6.45) is -0.195. The topological polar surface area (TPSA) is 54.4 Å². The molecule has 0 aromatic heterocycles. The van der Waals surface area contributed by atoms with Crippen molar-refractivity contribution in [2.45, 2.75) is 10.3 Å². The van der Waals surface area contributed by atoms with Crippen molar-refractivity contribution in [2.24, 2.45) is 0 Å². The maximum Gasteiger partial charge on any atom is 0.163 e. The van der Waals surface area contributed by atoms with Gasteiger partial charge in [-0.15, -0.1) is 0 Å². The van der Waals surface area contributed by atoms with Gasteiger partial charge in [-0.2, -0.15) is 0 Å². The number of halogens is 2. The minimum Gasteiger partial charge on any atom is -0.386 e. The van der Waals surface area contributed by atoms with Crippen LogP contribution in [-0.4, -0.2) is 23.9 Å². The van der Waals surface area contributed by atoms with E-state index in [4.69, 9.17) is 0 Å². The van der Waals surface area contributed by atoms with Crippen molar-refractivity contribution in [3.05, 3.63) is 35.6 Å². The van der Waals surface area contributed by atoms with E-state index in [-0.39, 0.29) is 0 Å². The van der Waals surface area contributed by atoms with Crippen LogP contribution in [0.25, 0.3) is 0 Å². The van der Waals surface area contributed by atoms with Gasteiger partial charge < -0.3 is 5.11 Å². The third-order valence-corrected chi connectivity index (χ3v) is 5.48. The Morgan fingerprint density at radius 2 is 1.80 bits per heavy atom. The molecule has 1 aromatic rings. The van der Waals surface area contributed by atoms with E-state index < -0.39 is 25.9 Å². The molecule has 0 aliphatic heterocycles. The van der Waals surface area contributed by atoms with Crippen molar-refractivity contribution >= 4 is 25.8 Å². The summed E-state index contributed by atoms with van der Waals surface area (Å²) in [5.41, 5.74) is 0.351. The second kappa shape index (κ2) is 4.59. The quantitative estimate of drug-likeness (QED) is 0.863. The van der Waals surface area contributed by atoms with Crippen LogP contribution in [0.5, 0.6) is 0 Å². The molecule has 0 radical (unpaired) electrons. The number of hydrogen-bond donors (Lipinski definition) is 1. The van der Waals surface area contributed by atoms with Crippen LogP contribution >= 0.6 is 15.9 Å². The minimum absolute atomic E-state index is 0.351. The van der Waals surface area contributed by atoms with Crippen LogP contribution in [0.4, 0.5) is 4.39 Å². The van der Waals surface area contributed by atoms with Crippen molar-refractivity contribution in [3.8, 4) is 0 Å². The van der Waals surface area contributed by atoms with E-state index in [0.29, 0.717) is 5.56 Å². The molecule has 0 amide bonds. The van der Waals surface area contributed by atoms with Gasteiger partial charge in [0.1, 0.15) is 16.1 Å². The summed E-state index contributed by atoms with van der Waals surface area (Å²) in [5, 5.41) is 9.67. The number of rotatable bonds is 3. The fourth-order valence-corrected chi connectivity index (χ4v) is 1.98. The summed E-state index contributed by atoms with van der Waals surface area (Å²) in [5.74, 6) is -0.434. The summed E-state index contributed by atoms with van der Waals surface area (Å²) in [4.78, 5) is 0. The van der Waals surface area contributed by atoms with Gasteiger partial charge in [0.05, 0.1) is 0 Å². The first-order chi connectivity index (χ1) is 6.82. The van der Waals surface area contributed by atoms with Gasteiger partial charge in [0.15, 0.2) is 9.84 Å². The van der Waals surface area contributed by atoms with Crippen LogP contribution in [0.3, 0.4) is 0 Å². The minimum atomic E-state index is -3.39. The Kier molecular flexibility index (Phi) is 3.86. The standard InChI is InChI=1S/C9H10BrFO3S/c1-15(13,14)9(10)8(12)6-2-4-7(11)5-3-6/h2-5,8-9,12H,1H3. The Balaban J connectivity index is 2.95. The Bertz CT molecular complexity index is 429. The lowest BCUT2D eigenvalue weighted by Gasteiger charge is -2.15. The van der Waals surface area contributed by atoms with Crippen LogP contribution in [0.2, 0.25) is 0 Å². The van der Waals surface area contributed by atoms with Crippen LogP contribution in [0, 0.1) is 5.82 Å². The number of aliphatic hydroxyl groups excluding tert-OH is 1. The molecular weight excluding hydrogens is 287 g/mol. The zero-order valence-electron chi connectivity index (χ0n) is 7.89. The van der Waals surface area contributed by atoms with Gasteiger partial charge in [0.25, 0.3) is 0 Å². The Hall–Kier alpha value is -0.460. The summed E-state index contributed by atoms with van der Waals surface area (Å²) in [6, 6.07) is 5.03. The molecule has 0 aliphatic carbocycles. The molecule has 15 heavy (non-hydrogen) atoms. The highest BCUT2D eigenvalue weighted by Crippen LogP contribution is 2.26. The second-order valence-corrected chi connectivity index (χ2v) is 6.94. The first-order valence-corrected chi connectivity index (χ1v) is 6.96. The first-order valence-electron chi connectivity index (χ1n) is 4.09. The number of benzene rings is 1. The zero-order valence-corrected chi connectivity index (χ0v) is 10.3. The number of alkyl halides is 1. The summed E-state index contributed by atoms with van der Waals surface area (Å²) in [6.45, 7) is 0. The van der Waals surface area contributed by atoms with Crippen molar-refractivity contribution in [1.82, 2.24) is 0 Å². The number of hydrogen-bond acceptors (Lipinski definition) is 3. The highest BCUT2D eigenvalue weighted by atomic mass is 79.9. The molecular formula is C9H10BrFO3S. The van der Waals surface area contributed by atoms with E-state index in [1.54, 1.807) is 0 Å². The molecule has 2 atom stereocenters. The van der Waals surface area contributed by atoms with Crippen molar-refractivity contribution in [2.75, 3.05) is 6.26 Å². The third-order valence-electron chi connectivity index (χ3n) is 1.87. The van der Waals surface area contributed by atoms with E-state index in [1.165, 1.54) is 24.3 Å². The molecule has 1 aromatic carbocycles. The fourth-order valence-electron chi connectivity index (χ4n) is 1.05. The molecule has 0 bridgehead atoms. The summed E-state index contributed by atoms with van der Waals surface area (Å²) in [7, 11) is -3.39. The van der Waals surface area contributed by atoms with Gasteiger partial charge in [-0.05, 0) is 17.7 Å². The van der Waals surface area contributed by atoms with Crippen molar-refractivity contribution in [1.29, 1.82) is 0 Å². The Labute approximate surface area is 96.0 Å². The van der Waals surface area contributed by atoms with Crippen LogP contribution in [0.1, 0.15) is 11.7 Å². The molecule has 0 saturated heterocycles. The van der Waals surface area contributed by atoms with E-state index in [2.05, 4.69) is 15.9 Å². The Morgan fingerprint density at radius 1 is 1.33 bits per heavy atom. The lowest BCUT2D eigenvalue weighted by Crippen LogP contribution is -2.21. The molecule has 6 heteroatoms. The van der Waals surface area contributed by atoms with E-state index in [1.807, 2.05) is 0 Å². The van der Waals surface area contributed by atoms with Gasteiger partial charge in [-0.1, -0.05) is 28.1 Å². The molecule has 1 N–H and O–H groups in total. The molecule has 2 unspecified atom stereocenters.